The van der Waals surface area contributed by atoms with E-state index in [2.05, 4.69) is 14.3 Å². The molecule has 1 N–H and O–H groups in total. The maximum atomic E-state index is 15.6. The second kappa shape index (κ2) is 11.7. The van der Waals surface area contributed by atoms with Crippen molar-refractivity contribution in [3.63, 3.8) is 0 Å². The zero-order valence-corrected chi connectivity index (χ0v) is 24.7. The summed E-state index contributed by atoms with van der Waals surface area (Å²) in [5.41, 5.74) is 2.34. The molecule has 40 heavy (non-hydrogen) atoms. The highest BCUT2D eigenvalue weighted by atomic mass is 32.2. The number of carbonyl (C=O) groups excluding carboxylic acids is 2. The average molecular weight is 589 g/mol. The number of fused-ring (bicyclic) bond motifs is 3. The van der Waals surface area contributed by atoms with E-state index in [4.69, 9.17) is 9.72 Å². The van der Waals surface area contributed by atoms with E-state index in [1.165, 1.54) is 17.2 Å². The summed E-state index contributed by atoms with van der Waals surface area (Å²) in [5, 5.41) is 0. The summed E-state index contributed by atoms with van der Waals surface area (Å²) >= 11 is 1.08. The number of carbonyl (C=O) groups is 2. The molecule has 5 heterocycles. The molecule has 2 aliphatic heterocycles. The van der Waals surface area contributed by atoms with Crippen molar-refractivity contribution in [2.24, 2.45) is 0 Å². The molecule has 0 spiro atoms. The summed E-state index contributed by atoms with van der Waals surface area (Å²) in [4.78, 5) is 39.4. The SMILES string of the molecule is CCc1nc(NS(C)=O)ccc1OCC(=O)N1CCc2nc3n(c2C1c1sc(C(=O)N(C)C)cc1F)CCCC3. The maximum Gasteiger partial charge on any atom is 0.263 e. The number of aryl methyl sites for hydroxylation is 2. The van der Waals surface area contributed by atoms with Crippen molar-refractivity contribution in [3.8, 4) is 5.75 Å². The topological polar surface area (TPSA) is 110 Å². The molecule has 2 amide bonds. The van der Waals surface area contributed by atoms with Crippen LogP contribution in [0.4, 0.5) is 10.2 Å². The lowest BCUT2D eigenvalue weighted by Gasteiger charge is -2.36. The van der Waals surface area contributed by atoms with Crippen molar-refractivity contribution < 1.29 is 22.9 Å². The smallest absolute Gasteiger partial charge is 0.263 e. The number of aromatic nitrogens is 3. The highest BCUT2D eigenvalue weighted by Crippen LogP contribution is 2.41. The first kappa shape index (κ1) is 28.2. The molecule has 0 aromatic carbocycles. The molecular weight excluding hydrogens is 555 g/mol. The van der Waals surface area contributed by atoms with Gasteiger partial charge in [0, 0.05) is 46.3 Å². The van der Waals surface area contributed by atoms with Crippen LogP contribution in [0.3, 0.4) is 0 Å². The molecule has 0 aliphatic carbocycles. The van der Waals surface area contributed by atoms with Crippen molar-refractivity contribution in [2.75, 3.05) is 38.2 Å². The van der Waals surface area contributed by atoms with Gasteiger partial charge >= 0.3 is 0 Å². The molecule has 0 bridgehead atoms. The molecule has 214 valence electrons. The van der Waals surface area contributed by atoms with E-state index in [-0.39, 0.29) is 23.3 Å². The first-order chi connectivity index (χ1) is 19.2. The van der Waals surface area contributed by atoms with Gasteiger partial charge in [-0.25, -0.2) is 18.6 Å². The highest BCUT2D eigenvalue weighted by Gasteiger charge is 2.40. The minimum absolute atomic E-state index is 0.259. The number of thiophene rings is 1. The average Bonchev–Trinajstić information content (AvgIpc) is 3.51. The van der Waals surface area contributed by atoms with Crippen LogP contribution in [0.25, 0.3) is 0 Å². The molecule has 0 radical (unpaired) electrons. The van der Waals surface area contributed by atoms with Crippen LogP contribution in [0.1, 0.15) is 63.3 Å². The molecule has 2 aliphatic rings. The quantitative estimate of drug-likeness (QED) is 0.432. The van der Waals surface area contributed by atoms with Crippen molar-refractivity contribution in [1.82, 2.24) is 24.3 Å². The van der Waals surface area contributed by atoms with Gasteiger partial charge in [0.15, 0.2) is 6.61 Å². The minimum atomic E-state index is -1.27. The molecular formula is C27H33FN6O4S2. The van der Waals surface area contributed by atoms with Gasteiger partial charge in [0.25, 0.3) is 11.8 Å². The number of hydrogen-bond acceptors (Lipinski definition) is 7. The normalized spacial score (nSPS) is 17.1. The number of anilines is 1. The van der Waals surface area contributed by atoms with Gasteiger partial charge in [0.2, 0.25) is 0 Å². The lowest BCUT2D eigenvalue weighted by molar-refractivity contribution is -0.135. The number of nitrogens with zero attached hydrogens (tertiary/aromatic N) is 5. The third kappa shape index (κ3) is 5.49. The summed E-state index contributed by atoms with van der Waals surface area (Å²) in [6.45, 7) is 2.78. The van der Waals surface area contributed by atoms with E-state index in [0.717, 1.165) is 54.4 Å². The number of ether oxygens (including phenoxy) is 1. The summed E-state index contributed by atoms with van der Waals surface area (Å²) in [5.74, 6) is 0.796. The van der Waals surface area contributed by atoms with Gasteiger partial charge < -0.3 is 19.1 Å². The first-order valence-corrected chi connectivity index (χ1v) is 15.7. The van der Waals surface area contributed by atoms with Crippen LogP contribution in [-0.4, -0.2) is 73.9 Å². The number of imidazole rings is 1. The van der Waals surface area contributed by atoms with E-state index in [1.54, 1.807) is 31.1 Å². The number of amides is 2. The number of rotatable bonds is 8. The van der Waals surface area contributed by atoms with Gasteiger partial charge in [-0.2, -0.15) is 0 Å². The van der Waals surface area contributed by atoms with Gasteiger partial charge in [-0.05, 0) is 37.5 Å². The van der Waals surface area contributed by atoms with Crippen LogP contribution in [-0.2, 0) is 41.6 Å². The fourth-order valence-corrected chi connectivity index (χ4v) is 6.87. The summed E-state index contributed by atoms with van der Waals surface area (Å²) in [6.07, 6.45) is 5.50. The van der Waals surface area contributed by atoms with Crippen molar-refractivity contribution in [1.29, 1.82) is 0 Å². The van der Waals surface area contributed by atoms with Crippen LogP contribution in [0.15, 0.2) is 18.2 Å². The molecule has 13 heteroatoms. The Kier molecular flexibility index (Phi) is 8.22. The highest BCUT2D eigenvalue weighted by molar-refractivity contribution is 7.85. The number of hydrogen-bond donors (Lipinski definition) is 1. The zero-order chi connectivity index (χ0) is 28.6. The molecule has 3 aromatic rings. The van der Waals surface area contributed by atoms with Crippen LogP contribution in [0.2, 0.25) is 0 Å². The molecule has 3 aromatic heterocycles. The van der Waals surface area contributed by atoms with Crippen LogP contribution in [0, 0.1) is 5.82 Å². The Bertz CT molecular complexity index is 1470. The zero-order valence-electron chi connectivity index (χ0n) is 23.0. The maximum absolute atomic E-state index is 15.6. The van der Waals surface area contributed by atoms with Crippen molar-refractivity contribution >= 4 is 40.0 Å². The molecule has 0 fully saturated rings. The van der Waals surface area contributed by atoms with Gasteiger partial charge in [0.05, 0.1) is 26.8 Å². The summed E-state index contributed by atoms with van der Waals surface area (Å²) < 4.78 is 37.9. The second-order valence-electron chi connectivity index (χ2n) is 10.1. The summed E-state index contributed by atoms with van der Waals surface area (Å²) in [7, 11) is 1.99. The monoisotopic (exact) mass is 588 g/mol. The standard InChI is InChI=1S/C27H33FN6O4S2/c1-5-17-19(9-10-21(29-17)31-40(4)37)38-15-23(35)34-13-11-18-24(33-12-7-6-8-22(33)30-18)25(34)26-16(28)14-20(39-26)27(36)32(2)3/h9-10,14,25H,5-8,11-13,15H2,1-4H3,(H,29,31). The molecule has 10 nitrogen and oxygen atoms in total. The molecule has 2 atom stereocenters. The Morgan fingerprint density at radius 2 is 2.02 bits per heavy atom. The van der Waals surface area contributed by atoms with Crippen molar-refractivity contribution in [3.05, 3.63) is 56.7 Å². The number of nitrogens with one attached hydrogen (secondary N) is 1. The first-order valence-electron chi connectivity index (χ1n) is 13.3. The molecule has 5 rings (SSSR count). The minimum Gasteiger partial charge on any atom is -0.482 e. The second-order valence-corrected chi connectivity index (χ2v) is 12.3. The van der Waals surface area contributed by atoms with E-state index in [0.29, 0.717) is 41.5 Å². The van der Waals surface area contributed by atoms with Crippen LogP contribution < -0.4 is 9.46 Å². The van der Waals surface area contributed by atoms with Gasteiger partial charge in [0.1, 0.15) is 40.2 Å². The number of halogens is 1. The van der Waals surface area contributed by atoms with Crippen LogP contribution in [0.5, 0.6) is 5.75 Å². The molecule has 0 saturated carbocycles. The third-order valence-electron chi connectivity index (χ3n) is 7.12. The largest absolute Gasteiger partial charge is 0.482 e. The Balaban J connectivity index is 1.47. The Morgan fingerprint density at radius 3 is 2.75 bits per heavy atom. The predicted octanol–water partition coefficient (Wildman–Crippen LogP) is 3.34. The van der Waals surface area contributed by atoms with Gasteiger partial charge in [-0.15, -0.1) is 11.3 Å². The molecule has 2 unspecified atom stereocenters. The lowest BCUT2D eigenvalue weighted by Crippen LogP contribution is -2.43. The van der Waals surface area contributed by atoms with Crippen molar-refractivity contribution in [2.45, 2.75) is 51.6 Å². The third-order valence-corrected chi connectivity index (χ3v) is 8.77. The van der Waals surface area contributed by atoms with E-state index in [9.17, 15) is 13.8 Å². The van der Waals surface area contributed by atoms with E-state index >= 15 is 4.39 Å². The summed E-state index contributed by atoms with van der Waals surface area (Å²) in [6, 6.07) is 3.91. The fourth-order valence-electron chi connectivity index (χ4n) is 5.28. The van der Waals surface area contributed by atoms with E-state index in [1.807, 2.05) is 6.92 Å². The Morgan fingerprint density at radius 1 is 1.23 bits per heavy atom. The lowest BCUT2D eigenvalue weighted by atomic mass is 10.00. The fraction of sp³-hybridized carbons (Fsp3) is 0.481. The van der Waals surface area contributed by atoms with Gasteiger partial charge in [-0.3, -0.25) is 14.3 Å². The van der Waals surface area contributed by atoms with Gasteiger partial charge in [-0.1, -0.05) is 6.92 Å². The van der Waals surface area contributed by atoms with E-state index < -0.39 is 22.8 Å². The van der Waals surface area contributed by atoms with Crippen LogP contribution >= 0.6 is 11.3 Å². The number of pyridine rings is 1. The Hall–Kier alpha value is -3.32. The molecule has 0 saturated heterocycles. The predicted molar refractivity (Wildman–Crippen MR) is 152 cm³/mol. The Labute approximate surface area is 239 Å².